The van der Waals surface area contributed by atoms with Crippen molar-refractivity contribution in [1.82, 2.24) is 10.2 Å². The Bertz CT molecular complexity index is 1590. The Morgan fingerprint density at radius 2 is 1.80 bits per heavy atom. The maximum absolute atomic E-state index is 13.5. The number of alkyl halides is 3. The van der Waals surface area contributed by atoms with Crippen molar-refractivity contribution in [3.8, 4) is 11.5 Å². The van der Waals surface area contributed by atoms with Crippen LogP contribution in [0.15, 0.2) is 92.8 Å². The molecule has 2 amide bonds. The molecule has 2 aliphatic heterocycles. The first kappa shape index (κ1) is 31.8. The average molecular weight is 710 g/mol. The highest BCUT2D eigenvalue weighted by Crippen LogP contribution is 2.46. The number of carbonyl (C=O) groups is 3. The molecular weight excluding hydrogens is 685 g/mol. The lowest BCUT2D eigenvalue weighted by Crippen LogP contribution is -2.70. The molecule has 3 aromatic carbocycles. The average Bonchev–Trinajstić information content (AvgIpc) is 3.00. The number of nitrogens with zero attached hydrogens (tertiary/aromatic N) is 1. The normalized spacial score (nSPS) is 17.8. The van der Waals surface area contributed by atoms with E-state index in [2.05, 4.69) is 26.0 Å². The van der Waals surface area contributed by atoms with E-state index in [0.29, 0.717) is 21.1 Å². The molecule has 0 aromatic heterocycles. The van der Waals surface area contributed by atoms with Gasteiger partial charge < -0.3 is 19.5 Å². The zero-order valence-corrected chi connectivity index (χ0v) is 26.1. The van der Waals surface area contributed by atoms with E-state index in [9.17, 15) is 27.6 Å². The van der Waals surface area contributed by atoms with Gasteiger partial charge in [-0.15, -0.1) is 24.9 Å². The number of carbonyl (C=O) groups excluding carboxylic acids is 3. The molecule has 5 rings (SSSR count). The number of benzene rings is 3. The second-order valence-corrected chi connectivity index (χ2v) is 12.7. The minimum atomic E-state index is -4.90. The van der Waals surface area contributed by atoms with E-state index in [-0.39, 0.29) is 34.9 Å². The largest absolute Gasteiger partial charge is 0.573 e. The van der Waals surface area contributed by atoms with Crippen molar-refractivity contribution in [2.75, 3.05) is 12.9 Å². The third kappa shape index (κ3) is 7.53. The molecule has 14 heteroatoms. The van der Waals surface area contributed by atoms with E-state index in [1.165, 1.54) is 35.9 Å². The van der Waals surface area contributed by atoms with Gasteiger partial charge in [-0.1, -0.05) is 54.2 Å². The standard InChI is InChI=1S/C30H24BrF3N2O6S2/c1-40-19-9-7-18(8-10-19)15-41-29(39)26-23(44-20-11-12-21(31)22(14-20)42-30(32,33)34)16-43-28-25(27(38)36(26)28)35-24(37)13-17-5-3-2-4-6-17/h2-12,14,25,28H,13,15-16H2,1H3,(H,35,37)/t25-,28-/m1/s1. The van der Waals surface area contributed by atoms with Crippen LogP contribution in [0.3, 0.4) is 0 Å². The maximum atomic E-state index is 13.5. The van der Waals surface area contributed by atoms with Gasteiger partial charge in [-0.3, -0.25) is 14.5 Å². The Labute approximate surface area is 267 Å². The maximum Gasteiger partial charge on any atom is 0.573 e. The molecule has 230 valence electrons. The minimum absolute atomic E-state index is 0.0213. The molecule has 1 fully saturated rings. The van der Waals surface area contributed by atoms with Crippen LogP contribution in [0, 0.1) is 0 Å². The number of rotatable bonds is 10. The van der Waals surface area contributed by atoms with Crippen molar-refractivity contribution in [1.29, 1.82) is 0 Å². The second-order valence-electron chi connectivity index (χ2n) is 9.56. The van der Waals surface area contributed by atoms with E-state index < -0.39 is 35.4 Å². The lowest BCUT2D eigenvalue weighted by Gasteiger charge is -2.49. The number of β-lactam (4-membered cyclic amide) rings is 1. The lowest BCUT2D eigenvalue weighted by molar-refractivity contribution is -0.275. The fraction of sp³-hybridized carbons (Fsp3) is 0.233. The zero-order chi connectivity index (χ0) is 31.4. The Morgan fingerprint density at radius 3 is 2.48 bits per heavy atom. The number of nitrogens with one attached hydrogen (secondary N) is 1. The van der Waals surface area contributed by atoms with Gasteiger partial charge in [0.15, 0.2) is 0 Å². The van der Waals surface area contributed by atoms with Gasteiger partial charge >= 0.3 is 12.3 Å². The lowest BCUT2D eigenvalue weighted by atomic mass is 10.0. The van der Waals surface area contributed by atoms with E-state index in [4.69, 9.17) is 9.47 Å². The van der Waals surface area contributed by atoms with Crippen molar-refractivity contribution in [3.05, 3.63) is 99.0 Å². The third-order valence-electron chi connectivity index (χ3n) is 6.55. The van der Waals surface area contributed by atoms with Crippen molar-refractivity contribution in [2.45, 2.75) is 35.7 Å². The molecule has 8 nitrogen and oxygen atoms in total. The molecule has 2 aliphatic rings. The summed E-state index contributed by atoms with van der Waals surface area (Å²) >= 11 is 5.41. The number of hydrogen-bond donors (Lipinski definition) is 1. The highest BCUT2D eigenvalue weighted by Gasteiger charge is 2.54. The summed E-state index contributed by atoms with van der Waals surface area (Å²) in [5.74, 6) is -1.19. The summed E-state index contributed by atoms with van der Waals surface area (Å²) in [5.41, 5.74) is 1.44. The number of fused-ring (bicyclic) bond motifs is 1. The number of halogens is 4. The van der Waals surface area contributed by atoms with Gasteiger partial charge in [0, 0.05) is 15.6 Å². The number of amides is 2. The molecule has 1 saturated heterocycles. The number of thioether (sulfide) groups is 2. The molecule has 1 N–H and O–H groups in total. The van der Waals surface area contributed by atoms with Crippen LogP contribution < -0.4 is 14.8 Å². The molecular formula is C30H24BrF3N2O6S2. The van der Waals surface area contributed by atoms with Gasteiger partial charge in [0.25, 0.3) is 5.91 Å². The van der Waals surface area contributed by atoms with E-state index >= 15 is 0 Å². The Morgan fingerprint density at radius 1 is 1.07 bits per heavy atom. The summed E-state index contributed by atoms with van der Waals surface area (Å²) in [5, 5.41) is 2.20. The zero-order valence-electron chi connectivity index (χ0n) is 22.9. The van der Waals surface area contributed by atoms with Crippen LogP contribution in [-0.2, 0) is 32.1 Å². The Balaban J connectivity index is 1.38. The van der Waals surface area contributed by atoms with E-state index in [1.807, 2.05) is 18.2 Å². The van der Waals surface area contributed by atoms with Crippen LogP contribution in [0.5, 0.6) is 11.5 Å². The van der Waals surface area contributed by atoms with Gasteiger partial charge in [0.05, 0.1) is 18.0 Å². The molecule has 2 atom stereocenters. The van der Waals surface area contributed by atoms with Crippen molar-refractivity contribution in [3.63, 3.8) is 0 Å². The van der Waals surface area contributed by atoms with Crippen LogP contribution in [0.4, 0.5) is 13.2 Å². The molecule has 3 aromatic rings. The molecule has 0 bridgehead atoms. The predicted molar refractivity (Wildman–Crippen MR) is 162 cm³/mol. The summed E-state index contributed by atoms with van der Waals surface area (Å²) in [4.78, 5) is 41.7. The first-order valence-corrected chi connectivity index (χ1v) is 15.7. The van der Waals surface area contributed by atoms with Gasteiger partial charge in [0.1, 0.15) is 35.2 Å². The van der Waals surface area contributed by atoms with Gasteiger partial charge in [-0.25, -0.2) is 4.79 Å². The number of hydrogen-bond acceptors (Lipinski definition) is 8. The highest BCUT2D eigenvalue weighted by molar-refractivity contribution is 9.10. The third-order valence-corrected chi connectivity index (χ3v) is 9.74. The predicted octanol–water partition coefficient (Wildman–Crippen LogP) is 6.05. The molecule has 0 unspecified atom stereocenters. The van der Waals surface area contributed by atoms with Crippen molar-refractivity contribution < 1.29 is 41.8 Å². The van der Waals surface area contributed by atoms with Crippen LogP contribution in [0.2, 0.25) is 0 Å². The first-order valence-electron chi connectivity index (χ1n) is 13.1. The Hall–Kier alpha value is -3.62. The molecule has 0 aliphatic carbocycles. The van der Waals surface area contributed by atoms with Gasteiger partial charge in [-0.05, 0) is 57.4 Å². The molecule has 0 saturated carbocycles. The quantitative estimate of drug-likeness (QED) is 0.201. The highest BCUT2D eigenvalue weighted by atomic mass is 79.9. The summed E-state index contributed by atoms with van der Waals surface area (Å²) in [6, 6.07) is 19.3. The minimum Gasteiger partial charge on any atom is -0.497 e. The van der Waals surface area contributed by atoms with Crippen molar-refractivity contribution >= 4 is 57.2 Å². The monoisotopic (exact) mass is 708 g/mol. The SMILES string of the molecule is COc1ccc(COC(=O)C2=C(Sc3ccc(Br)c(OC(F)(F)F)c3)CS[C@@H]3[C@H](NC(=O)Cc4ccccc4)C(=O)N23)cc1. The molecule has 2 heterocycles. The summed E-state index contributed by atoms with van der Waals surface area (Å²) in [6.45, 7) is -0.0940. The van der Waals surface area contributed by atoms with Crippen molar-refractivity contribution in [2.24, 2.45) is 0 Å². The van der Waals surface area contributed by atoms with Crippen LogP contribution >= 0.6 is 39.5 Å². The first-order chi connectivity index (χ1) is 21.0. The fourth-order valence-corrected chi connectivity index (χ4v) is 7.32. The van der Waals surface area contributed by atoms with Gasteiger partial charge in [-0.2, -0.15) is 0 Å². The summed E-state index contributed by atoms with van der Waals surface area (Å²) in [6.07, 6.45) is -4.82. The smallest absolute Gasteiger partial charge is 0.497 e. The number of methoxy groups -OCH3 is 1. The van der Waals surface area contributed by atoms with Crippen LogP contribution in [0.25, 0.3) is 0 Å². The summed E-state index contributed by atoms with van der Waals surface area (Å²) < 4.78 is 53.8. The summed E-state index contributed by atoms with van der Waals surface area (Å²) in [7, 11) is 1.53. The van der Waals surface area contributed by atoms with E-state index in [0.717, 1.165) is 17.3 Å². The topological polar surface area (TPSA) is 94.2 Å². The van der Waals surface area contributed by atoms with Gasteiger partial charge in [0.2, 0.25) is 5.91 Å². The number of esters is 1. The van der Waals surface area contributed by atoms with E-state index in [1.54, 1.807) is 42.5 Å². The van der Waals surface area contributed by atoms with Crippen LogP contribution in [0.1, 0.15) is 11.1 Å². The Kier molecular flexibility index (Phi) is 9.81. The molecule has 0 radical (unpaired) electrons. The number of ether oxygens (including phenoxy) is 3. The molecule has 44 heavy (non-hydrogen) atoms. The van der Waals surface area contributed by atoms with Crippen LogP contribution in [-0.4, -0.2) is 53.3 Å². The fourth-order valence-electron chi connectivity index (χ4n) is 4.50. The second kappa shape index (κ2) is 13.6. The molecule has 0 spiro atoms.